The number of rotatable bonds is 3. The molecular weight excluding hydrogens is 290 g/mol. The lowest BCUT2D eigenvalue weighted by Crippen LogP contribution is -2.43. The van der Waals surface area contributed by atoms with Crippen molar-refractivity contribution < 1.29 is 4.74 Å². The van der Waals surface area contributed by atoms with Gasteiger partial charge in [-0.15, -0.1) is 0 Å². The van der Waals surface area contributed by atoms with Crippen LogP contribution in [-0.2, 0) is 6.54 Å². The minimum Gasteiger partial charge on any atom is -0.497 e. The van der Waals surface area contributed by atoms with E-state index in [2.05, 4.69) is 46.8 Å². The van der Waals surface area contributed by atoms with Crippen LogP contribution in [0.2, 0.25) is 0 Å². The number of nitrogens with zero attached hydrogens (tertiary/aromatic N) is 1. The Morgan fingerprint density at radius 3 is 2.56 bits per heavy atom. The third-order valence-electron chi connectivity index (χ3n) is 3.98. The zero-order valence-corrected chi connectivity index (χ0v) is 13.0. The van der Waals surface area contributed by atoms with Gasteiger partial charge >= 0.3 is 0 Å². The summed E-state index contributed by atoms with van der Waals surface area (Å²) >= 11 is 3.64. The number of methoxy groups -OCH3 is 1. The first-order valence-corrected chi connectivity index (χ1v) is 7.49. The smallest absolute Gasteiger partial charge is 0.119 e. The van der Waals surface area contributed by atoms with E-state index >= 15 is 0 Å². The second kappa shape index (κ2) is 6.07. The molecule has 1 aliphatic heterocycles. The molecule has 1 aromatic carbocycles. The van der Waals surface area contributed by atoms with Crippen LogP contribution >= 0.6 is 15.9 Å². The molecule has 2 atom stereocenters. The molecule has 1 heterocycles. The van der Waals surface area contributed by atoms with Crippen molar-refractivity contribution in [1.29, 1.82) is 0 Å². The van der Waals surface area contributed by atoms with Gasteiger partial charge in [0, 0.05) is 23.1 Å². The van der Waals surface area contributed by atoms with E-state index in [0.717, 1.165) is 12.3 Å². The van der Waals surface area contributed by atoms with E-state index in [1.54, 1.807) is 7.11 Å². The minimum absolute atomic E-state index is 0.673. The number of likely N-dealkylation sites (tertiary alicyclic amines) is 1. The van der Waals surface area contributed by atoms with Crippen molar-refractivity contribution in [2.24, 2.45) is 0 Å². The first-order valence-electron chi connectivity index (χ1n) is 6.70. The van der Waals surface area contributed by atoms with Gasteiger partial charge in [0.05, 0.1) is 7.11 Å². The van der Waals surface area contributed by atoms with Crippen LogP contribution in [0.5, 0.6) is 5.75 Å². The maximum Gasteiger partial charge on any atom is 0.119 e. The van der Waals surface area contributed by atoms with Gasteiger partial charge in [-0.2, -0.15) is 0 Å². The van der Waals surface area contributed by atoms with Gasteiger partial charge in [0.1, 0.15) is 5.75 Å². The predicted octanol–water partition coefficient (Wildman–Crippen LogP) is 4.22. The van der Waals surface area contributed by atoms with Crippen molar-refractivity contribution in [3.05, 3.63) is 28.2 Å². The Labute approximate surface area is 118 Å². The number of hydrogen-bond donors (Lipinski definition) is 0. The molecule has 0 saturated carbocycles. The van der Waals surface area contributed by atoms with Gasteiger partial charge in [-0.25, -0.2) is 0 Å². The van der Waals surface area contributed by atoms with Crippen molar-refractivity contribution in [2.75, 3.05) is 7.11 Å². The lowest BCUT2D eigenvalue weighted by Gasteiger charge is -2.39. The van der Waals surface area contributed by atoms with E-state index in [1.807, 2.05) is 6.07 Å². The maximum atomic E-state index is 5.31. The van der Waals surface area contributed by atoms with E-state index in [1.165, 1.54) is 29.3 Å². The van der Waals surface area contributed by atoms with Crippen LogP contribution in [0.4, 0.5) is 0 Å². The molecule has 3 heteroatoms. The van der Waals surface area contributed by atoms with E-state index in [0.29, 0.717) is 12.1 Å². The van der Waals surface area contributed by atoms with Crippen molar-refractivity contribution in [3.63, 3.8) is 0 Å². The van der Waals surface area contributed by atoms with Crippen LogP contribution in [-0.4, -0.2) is 24.1 Å². The summed E-state index contributed by atoms with van der Waals surface area (Å²) in [6.45, 7) is 5.67. The molecular formula is C15H22BrNO. The molecule has 1 saturated heterocycles. The summed E-state index contributed by atoms with van der Waals surface area (Å²) < 4.78 is 6.49. The zero-order chi connectivity index (χ0) is 13.1. The van der Waals surface area contributed by atoms with Gasteiger partial charge in [0.15, 0.2) is 0 Å². The summed E-state index contributed by atoms with van der Waals surface area (Å²) in [6, 6.07) is 7.56. The average molecular weight is 312 g/mol. The van der Waals surface area contributed by atoms with Crippen LogP contribution < -0.4 is 4.74 Å². The Balaban J connectivity index is 2.16. The molecule has 1 fully saturated rings. The summed E-state index contributed by atoms with van der Waals surface area (Å²) in [6.07, 6.45) is 3.98. The largest absolute Gasteiger partial charge is 0.497 e. The van der Waals surface area contributed by atoms with Gasteiger partial charge in [0.25, 0.3) is 0 Å². The molecule has 0 unspecified atom stereocenters. The Kier molecular flexibility index (Phi) is 4.68. The fraction of sp³-hybridized carbons (Fsp3) is 0.600. The Bertz CT molecular complexity index is 397. The number of halogens is 1. The van der Waals surface area contributed by atoms with Crippen LogP contribution in [0, 0.1) is 0 Å². The van der Waals surface area contributed by atoms with E-state index in [4.69, 9.17) is 4.74 Å². The normalized spacial score (nSPS) is 25.1. The fourth-order valence-electron chi connectivity index (χ4n) is 2.78. The highest BCUT2D eigenvalue weighted by molar-refractivity contribution is 9.10. The average Bonchev–Trinajstić information content (AvgIpc) is 2.36. The summed E-state index contributed by atoms with van der Waals surface area (Å²) in [4.78, 5) is 2.60. The summed E-state index contributed by atoms with van der Waals surface area (Å²) in [5.41, 5.74) is 1.31. The van der Waals surface area contributed by atoms with Crippen LogP contribution in [0.1, 0.15) is 38.7 Å². The molecule has 0 bridgehead atoms. The molecule has 100 valence electrons. The molecule has 1 aromatic rings. The van der Waals surface area contributed by atoms with Gasteiger partial charge < -0.3 is 4.74 Å². The standard InChI is InChI=1S/C15H22BrNO/c1-11-5-4-6-12(2)17(11)10-13-9-14(18-3)7-8-15(13)16/h7-9,11-12H,4-6,10H2,1-3H3/t11-,12+. The van der Waals surface area contributed by atoms with Gasteiger partial charge in [0.2, 0.25) is 0 Å². The fourth-order valence-corrected chi connectivity index (χ4v) is 3.15. The molecule has 2 rings (SSSR count). The van der Waals surface area contributed by atoms with E-state index in [-0.39, 0.29) is 0 Å². The maximum absolute atomic E-state index is 5.31. The lowest BCUT2D eigenvalue weighted by atomic mass is 9.97. The topological polar surface area (TPSA) is 12.5 Å². The van der Waals surface area contributed by atoms with E-state index in [9.17, 15) is 0 Å². The van der Waals surface area contributed by atoms with Crippen molar-refractivity contribution in [2.45, 2.75) is 51.7 Å². The van der Waals surface area contributed by atoms with Crippen LogP contribution in [0.15, 0.2) is 22.7 Å². The number of benzene rings is 1. The summed E-state index contributed by atoms with van der Waals surface area (Å²) in [5, 5.41) is 0. The Morgan fingerprint density at radius 1 is 1.28 bits per heavy atom. The lowest BCUT2D eigenvalue weighted by molar-refractivity contribution is 0.0949. The third kappa shape index (κ3) is 3.07. The van der Waals surface area contributed by atoms with Gasteiger partial charge in [-0.1, -0.05) is 22.4 Å². The van der Waals surface area contributed by atoms with Crippen LogP contribution in [0.3, 0.4) is 0 Å². The SMILES string of the molecule is COc1ccc(Br)c(CN2[C@H](C)CCC[C@@H]2C)c1. The molecule has 1 aliphatic rings. The quantitative estimate of drug-likeness (QED) is 0.828. The third-order valence-corrected chi connectivity index (χ3v) is 4.76. The Morgan fingerprint density at radius 2 is 1.94 bits per heavy atom. The van der Waals surface area contributed by atoms with Crippen LogP contribution in [0.25, 0.3) is 0 Å². The highest BCUT2D eigenvalue weighted by atomic mass is 79.9. The second-order valence-electron chi connectivity index (χ2n) is 5.26. The molecule has 0 radical (unpaired) electrons. The zero-order valence-electron chi connectivity index (χ0n) is 11.4. The number of ether oxygens (including phenoxy) is 1. The van der Waals surface area contributed by atoms with Crippen molar-refractivity contribution >= 4 is 15.9 Å². The molecule has 2 nitrogen and oxygen atoms in total. The highest BCUT2D eigenvalue weighted by Gasteiger charge is 2.25. The molecule has 18 heavy (non-hydrogen) atoms. The first-order chi connectivity index (χ1) is 8.61. The summed E-state index contributed by atoms with van der Waals surface area (Å²) in [5.74, 6) is 0.936. The number of hydrogen-bond acceptors (Lipinski definition) is 2. The highest BCUT2D eigenvalue weighted by Crippen LogP contribution is 2.29. The monoisotopic (exact) mass is 311 g/mol. The molecule has 0 amide bonds. The predicted molar refractivity (Wildman–Crippen MR) is 79.0 cm³/mol. The van der Waals surface area contributed by atoms with E-state index < -0.39 is 0 Å². The van der Waals surface area contributed by atoms with Gasteiger partial charge in [-0.05, 0) is 50.5 Å². The Hall–Kier alpha value is -0.540. The summed E-state index contributed by atoms with van der Waals surface area (Å²) in [7, 11) is 1.72. The molecule has 0 spiro atoms. The first kappa shape index (κ1) is 13.9. The molecule has 0 aliphatic carbocycles. The molecule has 0 aromatic heterocycles. The van der Waals surface area contributed by atoms with Crippen molar-refractivity contribution in [3.8, 4) is 5.75 Å². The number of piperidine rings is 1. The molecule has 0 N–H and O–H groups in total. The van der Waals surface area contributed by atoms with Gasteiger partial charge in [-0.3, -0.25) is 4.90 Å². The second-order valence-corrected chi connectivity index (χ2v) is 6.11. The van der Waals surface area contributed by atoms with Crippen molar-refractivity contribution in [1.82, 2.24) is 4.90 Å². The minimum atomic E-state index is 0.673.